The summed E-state index contributed by atoms with van der Waals surface area (Å²) in [6.07, 6.45) is 1.82. The lowest BCUT2D eigenvalue weighted by Gasteiger charge is -2.28. The quantitative estimate of drug-likeness (QED) is 0.310. The Kier molecular flexibility index (Phi) is 6.26. The third-order valence-electron chi connectivity index (χ3n) is 6.70. The predicted octanol–water partition coefficient (Wildman–Crippen LogP) is 6.64. The number of nitrogens with one attached hydrogen (secondary N) is 1. The summed E-state index contributed by atoms with van der Waals surface area (Å²) in [5, 5.41) is 4.95. The van der Waals surface area contributed by atoms with Crippen molar-refractivity contribution < 1.29 is 4.74 Å². The summed E-state index contributed by atoms with van der Waals surface area (Å²) in [5.41, 5.74) is 7.48. The molecule has 2 aromatic carbocycles. The Morgan fingerprint density at radius 3 is 2.54 bits per heavy atom. The third kappa shape index (κ3) is 4.07. The second-order valence-electron chi connectivity index (χ2n) is 8.74. The van der Waals surface area contributed by atoms with Gasteiger partial charge in [0, 0.05) is 40.0 Å². The molecule has 0 aliphatic carbocycles. The molecule has 0 radical (unpaired) electrons. The van der Waals surface area contributed by atoms with E-state index in [1.165, 1.54) is 5.56 Å². The van der Waals surface area contributed by atoms with Crippen molar-refractivity contribution in [1.82, 2.24) is 14.9 Å². The van der Waals surface area contributed by atoms with E-state index in [2.05, 4.69) is 58.7 Å². The molecular weight excluding hydrogens is 476 g/mol. The molecule has 5 nitrogen and oxygen atoms in total. The first-order valence-corrected chi connectivity index (χ1v) is 12.3. The van der Waals surface area contributed by atoms with Crippen LogP contribution < -0.4 is 15.0 Å². The van der Waals surface area contributed by atoms with Crippen LogP contribution in [0.2, 0.25) is 5.02 Å². The summed E-state index contributed by atoms with van der Waals surface area (Å²) >= 11 is 12.4. The van der Waals surface area contributed by atoms with Gasteiger partial charge < -0.3 is 19.5 Å². The highest BCUT2D eigenvalue weighted by Crippen LogP contribution is 2.44. The van der Waals surface area contributed by atoms with Crippen molar-refractivity contribution in [2.45, 2.75) is 32.9 Å². The standard InChI is InChI=1S/C28H27ClN4OS/c1-17-15-22(19(3)32(17)25-13-8-11-23(29)18(25)2)27-26(24-12-5-6-14-30-24)31-28(35)33(27)20-9-7-10-21(16-20)34-4/h5-16,26-27H,1-4H3,(H,31,35)/t26-,27-/m1/s1. The van der Waals surface area contributed by atoms with E-state index in [-0.39, 0.29) is 12.1 Å². The number of methoxy groups -OCH3 is 1. The molecule has 3 heterocycles. The average molecular weight is 503 g/mol. The molecule has 0 amide bonds. The smallest absolute Gasteiger partial charge is 0.174 e. The van der Waals surface area contributed by atoms with Crippen molar-refractivity contribution in [3.63, 3.8) is 0 Å². The molecule has 1 aliphatic rings. The maximum atomic E-state index is 6.49. The summed E-state index contributed by atoms with van der Waals surface area (Å²) in [5.74, 6) is 0.783. The van der Waals surface area contributed by atoms with E-state index in [0.29, 0.717) is 5.11 Å². The van der Waals surface area contributed by atoms with E-state index in [0.717, 1.165) is 44.8 Å². The molecule has 5 rings (SSSR count). The molecule has 178 valence electrons. The Morgan fingerprint density at radius 2 is 1.80 bits per heavy atom. The van der Waals surface area contributed by atoms with Gasteiger partial charge >= 0.3 is 0 Å². The third-order valence-corrected chi connectivity index (χ3v) is 7.42. The van der Waals surface area contributed by atoms with Gasteiger partial charge in [-0.15, -0.1) is 0 Å². The first-order chi connectivity index (χ1) is 16.9. The molecular formula is C28H27ClN4OS. The highest BCUT2D eigenvalue weighted by Gasteiger charge is 2.42. The van der Waals surface area contributed by atoms with Crippen molar-refractivity contribution >= 4 is 34.6 Å². The minimum absolute atomic E-state index is 0.107. The van der Waals surface area contributed by atoms with Crippen molar-refractivity contribution in [2.75, 3.05) is 12.0 Å². The molecule has 2 aromatic heterocycles. The normalized spacial score (nSPS) is 17.5. The van der Waals surface area contributed by atoms with Gasteiger partial charge in [-0.2, -0.15) is 0 Å². The number of halogens is 1. The van der Waals surface area contributed by atoms with E-state index in [1.807, 2.05) is 54.7 Å². The monoisotopic (exact) mass is 502 g/mol. The molecule has 35 heavy (non-hydrogen) atoms. The molecule has 4 aromatic rings. The molecule has 1 saturated heterocycles. The van der Waals surface area contributed by atoms with E-state index in [9.17, 15) is 0 Å². The topological polar surface area (TPSA) is 42.3 Å². The number of aryl methyl sites for hydroxylation is 1. The van der Waals surface area contributed by atoms with E-state index < -0.39 is 0 Å². The van der Waals surface area contributed by atoms with Crippen LogP contribution in [0.4, 0.5) is 5.69 Å². The first-order valence-electron chi connectivity index (χ1n) is 11.5. The lowest BCUT2D eigenvalue weighted by atomic mass is 9.96. The zero-order valence-electron chi connectivity index (χ0n) is 20.1. The van der Waals surface area contributed by atoms with Gasteiger partial charge in [-0.25, -0.2) is 0 Å². The van der Waals surface area contributed by atoms with Gasteiger partial charge in [0.15, 0.2) is 5.11 Å². The fourth-order valence-corrected chi connectivity index (χ4v) is 5.52. The van der Waals surface area contributed by atoms with E-state index in [1.54, 1.807) is 7.11 Å². The molecule has 1 aliphatic heterocycles. The molecule has 0 spiro atoms. The summed E-state index contributed by atoms with van der Waals surface area (Å²) in [6.45, 7) is 6.34. The zero-order valence-corrected chi connectivity index (χ0v) is 21.7. The van der Waals surface area contributed by atoms with Crippen LogP contribution >= 0.6 is 23.8 Å². The highest BCUT2D eigenvalue weighted by atomic mass is 35.5. The van der Waals surface area contributed by atoms with Gasteiger partial charge in [-0.1, -0.05) is 29.8 Å². The molecule has 7 heteroatoms. The Bertz CT molecular complexity index is 1400. The molecule has 0 saturated carbocycles. The number of nitrogens with zero attached hydrogens (tertiary/aromatic N) is 3. The number of rotatable bonds is 5. The number of ether oxygens (including phenoxy) is 1. The molecule has 2 atom stereocenters. The van der Waals surface area contributed by atoms with Crippen LogP contribution in [0.1, 0.15) is 40.3 Å². The van der Waals surface area contributed by atoms with Gasteiger partial charge in [0.2, 0.25) is 0 Å². The summed E-state index contributed by atoms with van der Waals surface area (Å²) < 4.78 is 7.79. The van der Waals surface area contributed by atoms with Crippen molar-refractivity contribution in [3.05, 3.63) is 106 Å². The average Bonchev–Trinajstić information content (AvgIpc) is 3.36. The van der Waals surface area contributed by atoms with Crippen LogP contribution in [0.3, 0.4) is 0 Å². The van der Waals surface area contributed by atoms with Crippen molar-refractivity contribution in [1.29, 1.82) is 0 Å². The molecule has 0 bridgehead atoms. The second kappa shape index (κ2) is 9.36. The second-order valence-corrected chi connectivity index (χ2v) is 9.54. The van der Waals surface area contributed by atoms with Crippen LogP contribution in [0.25, 0.3) is 5.69 Å². The van der Waals surface area contributed by atoms with Gasteiger partial charge in [0.25, 0.3) is 0 Å². The maximum absolute atomic E-state index is 6.49. The Labute approximate surface area is 216 Å². The number of pyridine rings is 1. The Hall–Kier alpha value is -3.35. The van der Waals surface area contributed by atoms with Crippen LogP contribution in [-0.4, -0.2) is 21.8 Å². The van der Waals surface area contributed by atoms with Crippen LogP contribution in [0.15, 0.2) is 72.9 Å². The first kappa shape index (κ1) is 23.4. The largest absolute Gasteiger partial charge is 0.497 e. The van der Waals surface area contributed by atoms with Gasteiger partial charge in [0.1, 0.15) is 5.75 Å². The van der Waals surface area contributed by atoms with E-state index in [4.69, 9.17) is 28.6 Å². The zero-order chi connectivity index (χ0) is 24.7. The molecule has 1 fully saturated rings. The number of thiocarbonyl (C=S) groups is 1. The van der Waals surface area contributed by atoms with Gasteiger partial charge in [-0.3, -0.25) is 4.98 Å². The lowest BCUT2D eigenvalue weighted by molar-refractivity contribution is 0.415. The predicted molar refractivity (Wildman–Crippen MR) is 146 cm³/mol. The maximum Gasteiger partial charge on any atom is 0.174 e. The minimum atomic E-state index is -0.121. The van der Waals surface area contributed by atoms with E-state index >= 15 is 0 Å². The lowest BCUT2D eigenvalue weighted by Crippen LogP contribution is -2.29. The van der Waals surface area contributed by atoms with Gasteiger partial charge in [-0.05, 0) is 86.6 Å². The molecule has 1 N–H and O–H groups in total. The highest BCUT2D eigenvalue weighted by molar-refractivity contribution is 7.80. The fourth-order valence-electron chi connectivity index (χ4n) is 5.01. The van der Waals surface area contributed by atoms with Crippen LogP contribution in [0.5, 0.6) is 5.75 Å². The van der Waals surface area contributed by atoms with Crippen molar-refractivity contribution in [2.24, 2.45) is 0 Å². The Morgan fingerprint density at radius 1 is 1.00 bits per heavy atom. The number of anilines is 1. The molecule has 0 unspecified atom stereocenters. The Balaban J connectivity index is 1.70. The summed E-state index contributed by atoms with van der Waals surface area (Å²) in [6, 6.07) is 22.0. The fraction of sp³-hybridized carbons (Fsp3) is 0.214. The van der Waals surface area contributed by atoms with Crippen molar-refractivity contribution in [3.8, 4) is 11.4 Å². The summed E-state index contributed by atoms with van der Waals surface area (Å²) in [4.78, 5) is 6.85. The number of benzene rings is 2. The SMILES string of the molecule is COc1cccc(N2C(=S)N[C@H](c3ccccn3)[C@H]2c2cc(C)n(-c3cccc(Cl)c3C)c2C)c1. The van der Waals surface area contributed by atoms with Crippen LogP contribution in [-0.2, 0) is 0 Å². The number of hydrogen-bond donors (Lipinski definition) is 1. The summed E-state index contributed by atoms with van der Waals surface area (Å²) in [7, 11) is 1.68. The number of aromatic nitrogens is 2. The van der Waals surface area contributed by atoms with Crippen LogP contribution in [0, 0.1) is 20.8 Å². The minimum Gasteiger partial charge on any atom is -0.497 e. The number of hydrogen-bond acceptors (Lipinski definition) is 3. The van der Waals surface area contributed by atoms with Gasteiger partial charge in [0.05, 0.1) is 24.9 Å².